The zero-order valence-electron chi connectivity index (χ0n) is 15.7. The van der Waals surface area contributed by atoms with Gasteiger partial charge in [-0.25, -0.2) is 0 Å². The molecule has 0 unspecified atom stereocenters. The summed E-state index contributed by atoms with van der Waals surface area (Å²) >= 11 is 0. The normalized spacial score (nSPS) is 19.5. The van der Waals surface area contributed by atoms with Crippen LogP contribution in [0.25, 0.3) is 6.08 Å². The van der Waals surface area contributed by atoms with Crippen LogP contribution >= 0.6 is 0 Å². The Morgan fingerprint density at radius 2 is 1.41 bits per heavy atom. The predicted octanol–water partition coefficient (Wildman–Crippen LogP) is 6.99. The molecular weight excluding hydrogens is 264 g/mol. The molecule has 0 aliphatic heterocycles. The largest absolute Gasteiger partial charge is 0.0634 e. The quantitative estimate of drug-likeness (QED) is 0.484. The van der Waals surface area contributed by atoms with Gasteiger partial charge >= 0.3 is 0 Å². The number of benzene rings is 1. The Kier molecular flexibility index (Phi) is 4.62. The lowest BCUT2D eigenvalue weighted by molar-refractivity contribution is 0.225. The highest BCUT2D eigenvalue weighted by Crippen LogP contribution is 2.54. The molecule has 0 amide bonds. The number of allylic oxidation sites excluding steroid dienone is 1. The van der Waals surface area contributed by atoms with E-state index >= 15 is 0 Å². The summed E-state index contributed by atoms with van der Waals surface area (Å²) in [5, 5.41) is 0. The van der Waals surface area contributed by atoms with Gasteiger partial charge in [-0.05, 0) is 46.6 Å². The topological polar surface area (TPSA) is 0 Å². The second kappa shape index (κ2) is 5.87. The molecule has 22 heavy (non-hydrogen) atoms. The maximum Gasteiger partial charge on any atom is -0.000363 e. The van der Waals surface area contributed by atoms with Crippen molar-refractivity contribution in [3.05, 3.63) is 41.0 Å². The highest BCUT2D eigenvalue weighted by molar-refractivity contribution is 5.64. The van der Waals surface area contributed by atoms with Crippen molar-refractivity contribution in [1.29, 1.82) is 0 Å². The fraction of sp³-hybridized carbons (Fsp3) is 0.636. The molecular formula is C22H34. The third-order valence-corrected chi connectivity index (χ3v) is 4.66. The van der Waals surface area contributed by atoms with Crippen LogP contribution in [0.3, 0.4) is 0 Å². The summed E-state index contributed by atoms with van der Waals surface area (Å²) in [6.07, 6.45) is 7.91. The molecule has 0 N–H and O–H groups in total. The van der Waals surface area contributed by atoms with Gasteiger partial charge in [-0.1, -0.05) is 90.8 Å². The second-order valence-corrected chi connectivity index (χ2v) is 9.82. The fourth-order valence-electron chi connectivity index (χ4n) is 3.34. The first-order valence-corrected chi connectivity index (χ1v) is 8.82. The van der Waals surface area contributed by atoms with Gasteiger partial charge in [0.15, 0.2) is 0 Å². The maximum absolute atomic E-state index is 2.44. The van der Waals surface area contributed by atoms with E-state index in [1.807, 2.05) is 0 Å². The first-order valence-electron chi connectivity index (χ1n) is 8.82. The Morgan fingerprint density at radius 3 is 1.86 bits per heavy atom. The molecule has 0 bridgehead atoms. The molecule has 0 nitrogen and oxygen atoms in total. The average Bonchev–Trinajstić information content (AvgIpc) is 2.32. The summed E-state index contributed by atoms with van der Waals surface area (Å²) in [6, 6.07) is 9.02. The Hall–Kier alpha value is -1.04. The lowest BCUT2D eigenvalue weighted by Crippen LogP contribution is -2.38. The molecule has 2 aliphatic rings. The summed E-state index contributed by atoms with van der Waals surface area (Å²) < 4.78 is 0. The van der Waals surface area contributed by atoms with Crippen LogP contribution in [0.15, 0.2) is 29.8 Å². The van der Waals surface area contributed by atoms with Gasteiger partial charge in [-0.15, -0.1) is 0 Å². The van der Waals surface area contributed by atoms with E-state index in [4.69, 9.17) is 0 Å². The zero-order valence-corrected chi connectivity index (χ0v) is 15.7. The molecule has 1 spiro atoms. The van der Waals surface area contributed by atoms with Crippen LogP contribution in [0.2, 0.25) is 0 Å². The minimum absolute atomic E-state index is 0.316. The smallest absolute Gasteiger partial charge is 0.000363 e. The Bertz CT molecular complexity index is 536. The number of hydrogen-bond donors (Lipinski definition) is 0. The van der Waals surface area contributed by atoms with E-state index in [2.05, 4.69) is 78.8 Å². The van der Waals surface area contributed by atoms with E-state index in [9.17, 15) is 0 Å². The van der Waals surface area contributed by atoms with Crippen molar-refractivity contribution in [1.82, 2.24) is 0 Å². The summed E-state index contributed by atoms with van der Waals surface area (Å²) in [7, 11) is 0. The van der Waals surface area contributed by atoms with Crippen molar-refractivity contribution in [3.8, 4) is 0 Å². The van der Waals surface area contributed by atoms with Crippen molar-refractivity contribution in [2.75, 3.05) is 0 Å². The standard InChI is InChI=1S/C17H22.C5H12/c1-16(2,3)14-11-13-7-4-5-8-15(13)17(12-14)9-6-10-17;1-5(2,3)4/h4-5,7-8,11H,6,9-10,12H2,1-3H3;1-4H3. The van der Waals surface area contributed by atoms with Crippen molar-refractivity contribution in [2.45, 2.75) is 79.6 Å². The second-order valence-electron chi connectivity index (χ2n) is 9.82. The molecule has 122 valence electrons. The molecule has 0 radical (unpaired) electrons. The van der Waals surface area contributed by atoms with Crippen LogP contribution in [0.1, 0.15) is 85.3 Å². The van der Waals surface area contributed by atoms with Gasteiger partial charge in [0.25, 0.3) is 0 Å². The van der Waals surface area contributed by atoms with Gasteiger partial charge in [0.05, 0.1) is 0 Å². The van der Waals surface area contributed by atoms with E-state index in [1.54, 1.807) is 11.1 Å². The highest BCUT2D eigenvalue weighted by Gasteiger charge is 2.43. The average molecular weight is 299 g/mol. The van der Waals surface area contributed by atoms with Crippen LogP contribution in [0.4, 0.5) is 0 Å². The lowest BCUT2D eigenvalue weighted by atomic mass is 9.56. The molecule has 0 heteroatoms. The third kappa shape index (κ3) is 4.03. The summed E-state index contributed by atoms with van der Waals surface area (Å²) in [5.74, 6) is 0. The minimum Gasteiger partial charge on any atom is -0.0634 e. The van der Waals surface area contributed by atoms with E-state index < -0.39 is 0 Å². The summed E-state index contributed by atoms with van der Waals surface area (Å²) in [5.41, 5.74) is 6.03. The zero-order chi connectivity index (χ0) is 16.6. The van der Waals surface area contributed by atoms with Crippen LogP contribution in [0.5, 0.6) is 0 Å². The van der Waals surface area contributed by atoms with E-state index in [1.165, 1.54) is 31.2 Å². The Balaban J connectivity index is 0.000000309. The molecule has 2 aliphatic carbocycles. The van der Waals surface area contributed by atoms with E-state index in [-0.39, 0.29) is 0 Å². The number of hydrogen-bond acceptors (Lipinski definition) is 0. The van der Waals surface area contributed by atoms with Gasteiger partial charge in [0.1, 0.15) is 0 Å². The van der Waals surface area contributed by atoms with Crippen LogP contribution in [-0.2, 0) is 5.41 Å². The summed E-state index contributed by atoms with van der Waals surface area (Å²) in [6.45, 7) is 15.8. The molecule has 0 heterocycles. The third-order valence-electron chi connectivity index (χ3n) is 4.66. The van der Waals surface area contributed by atoms with Gasteiger partial charge in [-0.3, -0.25) is 0 Å². The first kappa shape index (κ1) is 17.3. The Labute approximate surface area is 138 Å². The molecule has 0 atom stereocenters. The van der Waals surface area contributed by atoms with Gasteiger partial charge in [0, 0.05) is 0 Å². The SMILES string of the molecule is CC(C)(C)C.CC(C)(C)C1=Cc2ccccc2C2(CCC2)C1. The summed E-state index contributed by atoms with van der Waals surface area (Å²) in [4.78, 5) is 0. The predicted molar refractivity (Wildman–Crippen MR) is 99.1 cm³/mol. The van der Waals surface area contributed by atoms with Gasteiger partial charge < -0.3 is 0 Å². The maximum atomic E-state index is 2.44. The molecule has 0 saturated heterocycles. The number of fused-ring (bicyclic) bond motifs is 2. The fourth-order valence-corrected chi connectivity index (χ4v) is 3.34. The molecule has 1 saturated carbocycles. The lowest BCUT2D eigenvalue weighted by Gasteiger charge is -2.48. The molecule has 1 aromatic rings. The van der Waals surface area contributed by atoms with Crippen LogP contribution in [-0.4, -0.2) is 0 Å². The molecule has 3 rings (SSSR count). The van der Waals surface area contributed by atoms with Crippen molar-refractivity contribution in [3.63, 3.8) is 0 Å². The Morgan fingerprint density at radius 1 is 0.864 bits per heavy atom. The van der Waals surface area contributed by atoms with Gasteiger partial charge in [-0.2, -0.15) is 0 Å². The molecule has 1 aromatic carbocycles. The van der Waals surface area contributed by atoms with E-state index in [0.29, 0.717) is 16.2 Å². The molecule has 0 aromatic heterocycles. The minimum atomic E-state index is 0.316. The van der Waals surface area contributed by atoms with E-state index in [0.717, 1.165) is 0 Å². The van der Waals surface area contributed by atoms with Crippen LogP contribution in [0, 0.1) is 10.8 Å². The molecule has 1 fully saturated rings. The van der Waals surface area contributed by atoms with Gasteiger partial charge in [0.2, 0.25) is 0 Å². The van der Waals surface area contributed by atoms with Crippen LogP contribution < -0.4 is 0 Å². The van der Waals surface area contributed by atoms with Crippen molar-refractivity contribution >= 4 is 6.08 Å². The monoisotopic (exact) mass is 298 g/mol. The number of rotatable bonds is 0. The first-order chi connectivity index (χ1) is 10.0. The van der Waals surface area contributed by atoms with Crippen molar-refractivity contribution in [2.24, 2.45) is 10.8 Å². The highest BCUT2D eigenvalue weighted by atomic mass is 14.5. The van der Waals surface area contributed by atoms with Crippen molar-refractivity contribution < 1.29 is 0 Å².